The molecule has 1 heterocycles. The molecule has 1 aliphatic heterocycles. The number of benzene rings is 4. The summed E-state index contributed by atoms with van der Waals surface area (Å²) in [4.78, 5) is 13.2. The van der Waals surface area contributed by atoms with Gasteiger partial charge in [-0.1, -0.05) is 86.5 Å². The molecule has 0 bridgehead atoms. The minimum absolute atomic E-state index is 0.151. The van der Waals surface area contributed by atoms with E-state index in [-0.39, 0.29) is 5.97 Å². The van der Waals surface area contributed by atoms with Gasteiger partial charge in [-0.2, -0.15) is 0 Å². The first-order valence-corrected chi connectivity index (χ1v) is 9.98. The van der Waals surface area contributed by atoms with Gasteiger partial charge in [0.05, 0.1) is 0 Å². The van der Waals surface area contributed by atoms with Gasteiger partial charge in [0.25, 0.3) is 0 Å². The third-order valence-corrected chi connectivity index (χ3v) is 6.04. The molecule has 1 atom stereocenters. The molecule has 0 amide bonds. The van der Waals surface area contributed by atoms with Crippen LogP contribution in [0.2, 0.25) is 0 Å². The number of fused-ring (bicyclic) bond motifs is 4. The zero-order valence-corrected chi connectivity index (χ0v) is 15.9. The van der Waals surface area contributed by atoms with Crippen LogP contribution in [0.15, 0.2) is 78.9 Å². The van der Waals surface area contributed by atoms with Crippen LogP contribution in [0.3, 0.4) is 0 Å². The van der Waals surface area contributed by atoms with Crippen LogP contribution in [0.5, 0.6) is 5.75 Å². The van der Waals surface area contributed by atoms with Crippen LogP contribution in [0.1, 0.15) is 37.3 Å². The molecule has 2 heteroatoms. The molecular weight excluding hydrogens is 344 g/mol. The van der Waals surface area contributed by atoms with Crippen molar-refractivity contribution in [1.82, 2.24) is 0 Å². The number of esters is 1. The summed E-state index contributed by atoms with van der Waals surface area (Å²) in [6.45, 7) is 2.16. The first-order chi connectivity index (χ1) is 13.7. The summed E-state index contributed by atoms with van der Waals surface area (Å²) >= 11 is 0. The summed E-state index contributed by atoms with van der Waals surface area (Å²) in [5.41, 5.74) is 1.30. The zero-order chi connectivity index (χ0) is 19.1. The fourth-order valence-electron chi connectivity index (χ4n) is 4.58. The van der Waals surface area contributed by atoms with E-state index in [1.54, 1.807) is 0 Å². The van der Waals surface area contributed by atoms with Crippen molar-refractivity contribution in [2.45, 2.75) is 31.6 Å². The number of para-hydroxylation sites is 1. The van der Waals surface area contributed by atoms with Crippen LogP contribution in [0.25, 0.3) is 21.5 Å². The molecule has 0 N–H and O–H groups in total. The number of unbranched alkanes of at least 4 members (excludes halogenated alkanes) is 1. The highest BCUT2D eigenvalue weighted by molar-refractivity contribution is 6.08. The van der Waals surface area contributed by atoms with Gasteiger partial charge in [-0.05, 0) is 45.7 Å². The fourth-order valence-corrected chi connectivity index (χ4v) is 4.58. The van der Waals surface area contributed by atoms with E-state index in [0.29, 0.717) is 5.75 Å². The molecule has 28 heavy (non-hydrogen) atoms. The maximum atomic E-state index is 13.2. The maximum Gasteiger partial charge on any atom is 0.326 e. The van der Waals surface area contributed by atoms with E-state index < -0.39 is 5.41 Å². The molecular formula is C26H22O2. The van der Waals surface area contributed by atoms with E-state index in [1.807, 2.05) is 24.3 Å². The number of hydrogen-bond acceptors (Lipinski definition) is 2. The molecule has 4 aromatic rings. The highest BCUT2D eigenvalue weighted by atomic mass is 16.5. The number of rotatable bonds is 4. The average molecular weight is 366 g/mol. The van der Waals surface area contributed by atoms with Gasteiger partial charge in [0.15, 0.2) is 0 Å². The van der Waals surface area contributed by atoms with Gasteiger partial charge in [0.1, 0.15) is 11.2 Å². The second-order valence-electron chi connectivity index (χ2n) is 7.62. The molecule has 5 rings (SSSR count). The van der Waals surface area contributed by atoms with Gasteiger partial charge >= 0.3 is 5.97 Å². The Kier molecular flexibility index (Phi) is 3.94. The van der Waals surface area contributed by atoms with E-state index in [0.717, 1.165) is 35.8 Å². The summed E-state index contributed by atoms with van der Waals surface area (Å²) in [6, 6.07) is 27.1. The van der Waals surface area contributed by atoms with Crippen molar-refractivity contribution in [3.05, 3.63) is 90.0 Å². The van der Waals surface area contributed by atoms with Crippen LogP contribution in [-0.4, -0.2) is 5.97 Å². The van der Waals surface area contributed by atoms with Crippen molar-refractivity contribution < 1.29 is 9.53 Å². The van der Waals surface area contributed by atoms with Crippen LogP contribution in [0, 0.1) is 0 Å². The molecule has 0 radical (unpaired) electrons. The summed E-state index contributed by atoms with van der Waals surface area (Å²) in [5, 5.41) is 4.84. The Morgan fingerprint density at radius 1 is 0.821 bits per heavy atom. The third-order valence-electron chi connectivity index (χ3n) is 6.04. The zero-order valence-electron chi connectivity index (χ0n) is 15.9. The number of ether oxygens (including phenoxy) is 1. The lowest BCUT2D eigenvalue weighted by Crippen LogP contribution is -2.35. The lowest BCUT2D eigenvalue weighted by molar-refractivity contribution is -0.137. The largest absolute Gasteiger partial charge is 0.425 e. The smallest absolute Gasteiger partial charge is 0.326 e. The molecule has 1 unspecified atom stereocenters. The Morgan fingerprint density at radius 2 is 1.57 bits per heavy atom. The molecule has 2 nitrogen and oxygen atoms in total. The van der Waals surface area contributed by atoms with Gasteiger partial charge in [0.2, 0.25) is 0 Å². The van der Waals surface area contributed by atoms with E-state index >= 15 is 0 Å². The molecule has 0 aromatic heterocycles. The van der Waals surface area contributed by atoms with Crippen LogP contribution in [-0.2, 0) is 10.2 Å². The van der Waals surface area contributed by atoms with Crippen molar-refractivity contribution in [2.75, 3.05) is 0 Å². The van der Waals surface area contributed by atoms with Crippen LogP contribution < -0.4 is 4.74 Å². The summed E-state index contributed by atoms with van der Waals surface area (Å²) in [7, 11) is 0. The van der Waals surface area contributed by atoms with Gasteiger partial charge in [0, 0.05) is 5.56 Å². The molecule has 0 saturated carbocycles. The first-order valence-electron chi connectivity index (χ1n) is 9.98. The number of carbonyl (C=O) groups excluding carboxylic acids is 1. The summed E-state index contributed by atoms with van der Waals surface area (Å²) in [5.74, 6) is 0.546. The highest BCUT2D eigenvalue weighted by Gasteiger charge is 2.49. The normalized spacial score (nSPS) is 18.4. The second-order valence-corrected chi connectivity index (χ2v) is 7.62. The van der Waals surface area contributed by atoms with Gasteiger partial charge < -0.3 is 4.74 Å². The van der Waals surface area contributed by atoms with Crippen molar-refractivity contribution in [2.24, 2.45) is 0 Å². The predicted octanol–water partition coefficient (Wildman–Crippen LogP) is 6.39. The fraction of sp³-hybridized carbons (Fsp3) is 0.192. The standard InChI is InChI=1S/C26H22O2/c1-2-3-16-26(23-10-6-7-11-24(23)28-25(26)27)20-14-15-22-19(17-20)13-12-18-8-4-5-9-21(18)22/h4-15,17H,2-3,16H2,1H3. The molecule has 0 spiro atoms. The molecule has 0 saturated heterocycles. The van der Waals surface area contributed by atoms with Gasteiger partial charge in [-0.3, -0.25) is 4.79 Å². The van der Waals surface area contributed by atoms with E-state index in [1.165, 1.54) is 16.2 Å². The Bertz CT molecular complexity index is 1210. The molecule has 0 aliphatic carbocycles. The highest BCUT2D eigenvalue weighted by Crippen LogP contribution is 2.48. The van der Waals surface area contributed by atoms with Crippen LogP contribution >= 0.6 is 0 Å². The molecule has 138 valence electrons. The Labute approximate surface area is 164 Å². The summed E-state index contributed by atoms with van der Waals surface area (Å²) in [6.07, 6.45) is 2.77. The lowest BCUT2D eigenvalue weighted by atomic mass is 9.71. The molecule has 1 aliphatic rings. The first kappa shape index (κ1) is 17.0. The third kappa shape index (κ3) is 2.37. The minimum atomic E-state index is -0.716. The lowest BCUT2D eigenvalue weighted by Gasteiger charge is -2.27. The number of hydrogen-bond donors (Lipinski definition) is 0. The van der Waals surface area contributed by atoms with Crippen LogP contribution in [0.4, 0.5) is 0 Å². The molecule has 0 fully saturated rings. The van der Waals surface area contributed by atoms with E-state index in [4.69, 9.17) is 4.74 Å². The SMILES string of the molecule is CCCCC1(c2ccc3c(ccc4ccccc43)c2)C(=O)Oc2ccccc21. The van der Waals surface area contributed by atoms with Crippen molar-refractivity contribution >= 4 is 27.5 Å². The Hall–Kier alpha value is -3.13. The molecule has 4 aromatic carbocycles. The quantitative estimate of drug-likeness (QED) is 0.238. The average Bonchev–Trinajstić information content (AvgIpc) is 3.03. The Morgan fingerprint density at radius 3 is 2.46 bits per heavy atom. The van der Waals surface area contributed by atoms with Gasteiger partial charge in [-0.15, -0.1) is 0 Å². The predicted molar refractivity (Wildman–Crippen MR) is 114 cm³/mol. The van der Waals surface area contributed by atoms with Crippen molar-refractivity contribution in [3.63, 3.8) is 0 Å². The van der Waals surface area contributed by atoms with Crippen molar-refractivity contribution in [1.29, 1.82) is 0 Å². The minimum Gasteiger partial charge on any atom is -0.425 e. The monoisotopic (exact) mass is 366 g/mol. The van der Waals surface area contributed by atoms with Gasteiger partial charge in [-0.25, -0.2) is 0 Å². The topological polar surface area (TPSA) is 26.3 Å². The Balaban J connectivity index is 1.75. The number of carbonyl (C=O) groups is 1. The van der Waals surface area contributed by atoms with E-state index in [9.17, 15) is 4.79 Å². The van der Waals surface area contributed by atoms with Crippen molar-refractivity contribution in [3.8, 4) is 5.75 Å². The summed E-state index contributed by atoms with van der Waals surface area (Å²) < 4.78 is 5.72. The maximum absolute atomic E-state index is 13.2. The van der Waals surface area contributed by atoms with E-state index in [2.05, 4.69) is 61.5 Å². The second kappa shape index (κ2) is 6.49.